The summed E-state index contributed by atoms with van der Waals surface area (Å²) in [5.74, 6) is 0.206. The topological polar surface area (TPSA) is 82.1 Å². The summed E-state index contributed by atoms with van der Waals surface area (Å²) in [7, 11) is 7.36. The predicted octanol–water partition coefficient (Wildman–Crippen LogP) is 2.51. The van der Waals surface area contributed by atoms with Crippen molar-refractivity contribution in [2.75, 3.05) is 33.1 Å². The van der Waals surface area contributed by atoms with Crippen LogP contribution >= 0.6 is 11.6 Å². The zero-order valence-electron chi connectivity index (χ0n) is 14.1. The van der Waals surface area contributed by atoms with Gasteiger partial charge < -0.3 is 9.80 Å². The molecule has 0 saturated heterocycles. The van der Waals surface area contributed by atoms with Crippen LogP contribution in [0.25, 0.3) is 0 Å². The van der Waals surface area contributed by atoms with Gasteiger partial charge in [-0.1, -0.05) is 11.6 Å². The van der Waals surface area contributed by atoms with Crippen molar-refractivity contribution in [3.8, 4) is 0 Å². The number of hydrogen-bond donors (Lipinski definition) is 2. The van der Waals surface area contributed by atoms with Crippen LogP contribution in [0.1, 0.15) is 0 Å². The van der Waals surface area contributed by atoms with Gasteiger partial charge in [0.1, 0.15) is 11.4 Å². The molecular weight excluding hydrogens is 326 g/mol. The van der Waals surface area contributed by atoms with Crippen LogP contribution < -0.4 is 4.90 Å². The minimum atomic E-state index is 0.103. The molecule has 1 aromatic carbocycles. The van der Waals surface area contributed by atoms with E-state index in [1.165, 1.54) is 4.90 Å². The highest BCUT2D eigenvalue weighted by atomic mass is 35.5. The van der Waals surface area contributed by atoms with E-state index in [4.69, 9.17) is 22.4 Å². The van der Waals surface area contributed by atoms with E-state index in [-0.39, 0.29) is 11.7 Å². The third-order valence-electron chi connectivity index (χ3n) is 3.04. The molecule has 0 aliphatic carbocycles. The standard InChI is InChI=1S/C16H20ClN7/c1-22(2)9-20-13-14(21-10-23(3)4)16(19)24(15(13)18)12-7-5-11(17)6-8-12/h5-10,18-19H,1-4H3. The Hall–Kier alpha value is -2.67. The number of anilines is 1. The van der Waals surface area contributed by atoms with Gasteiger partial charge in [0.15, 0.2) is 11.7 Å². The molecule has 1 aliphatic heterocycles. The minimum absolute atomic E-state index is 0.103. The van der Waals surface area contributed by atoms with E-state index in [9.17, 15) is 0 Å². The van der Waals surface area contributed by atoms with Gasteiger partial charge in [-0.3, -0.25) is 15.7 Å². The number of rotatable bonds is 5. The fourth-order valence-electron chi connectivity index (χ4n) is 1.99. The number of amidine groups is 2. The summed E-state index contributed by atoms with van der Waals surface area (Å²) in [5, 5.41) is 17.4. The molecule has 0 aromatic heterocycles. The molecule has 1 aliphatic rings. The second-order valence-electron chi connectivity index (χ2n) is 5.62. The van der Waals surface area contributed by atoms with Gasteiger partial charge >= 0.3 is 0 Å². The molecule has 1 aromatic rings. The summed E-state index contributed by atoms with van der Waals surface area (Å²) in [4.78, 5) is 13.7. The molecule has 0 spiro atoms. The summed E-state index contributed by atoms with van der Waals surface area (Å²) in [6.07, 6.45) is 3.18. The van der Waals surface area contributed by atoms with Gasteiger partial charge in [0, 0.05) is 38.9 Å². The Bertz CT molecular complexity index is 689. The summed E-state index contributed by atoms with van der Waals surface area (Å²) < 4.78 is 0. The molecule has 0 atom stereocenters. The fourth-order valence-corrected chi connectivity index (χ4v) is 2.11. The summed E-state index contributed by atoms with van der Waals surface area (Å²) in [6.45, 7) is 0. The van der Waals surface area contributed by atoms with Crippen molar-refractivity contribution in [1.82, 2.24) is 9.80 Å². The van der Waals surface area contributed by atoms with Crippen molar-refractivity contribution in [3.05, 3.63) is 40.7 Å². The molecule has 8 heteroatoms. The van der Waals surface area contributed by atoms with Crippen molar-refractivity contribution < 1.29 is 0 Å². The van der Waals surface area contributed by atoms with E-state index in [0.717, 1.165) is 0 Å². The molecule has 7 nitrogen and oxygen atoms in total. The molecule has 2 rings (SSSR count). The first kappa shape index (κ1) is 17.7. The summed E-state index contributed by atoms with van der Waals surface area (Å²) in [6, 6.07) is 6.97. The SMILES string of the molecule is CN(C)C=NC1=C(N=CN(C)C)C(=N)N(c2ccc(Cl)cc2)C1=N. The van der Waals surface area contributed by atoms with Crippen LogP contribution in [-0.4, -0.2) is 62.3 Å². The van der Waals surface area contributed by atoms with Crippen molar-refractivity contribution >= 4 is 41.6 Å². The smallest absolute Gasteiger partial charge is 0.159 e. The van der Waals surface area contributed by atoms with Gasteiger partial charge in [-0.25, -0.2) is 9.98 Å². The third-order valence-corrected chi connectivity index (χ3v) is 3.29. The second-order valence-corrected chi connectivity index (χ2v) is 6.06. The first-order chi connectivity index (χ1) is 11.3. The quantitative estimate of drug-likeness (QED) is 0.635. The highest BCUT2D eigenvalue weighted by Gasteiger charge is 2.33. The van der Waals surface area contributed by atoms with Gasteiger partial charge in [-0.2, -0.15) is 0 Å². The van der Waals surface area contributed by atoms with Crippen LogP contribution in [0.2, 0.25) is 5.02 Å². The maximum Gasteiger partial charge on any atom is 0.159 e. The van der Waals surface area contributed by atoms with E-state index in [2.05, 4.69) is 9.98 Å². The Labute approximate surface area is 146 Å². The van der Waals surface area contributed by atoms with E-state index in [0.29, 0.717) is 22.1 Å². The third kappa shape index (κ3) is 3.80. The van der Waals surface area contributed by atoms with Crippen LogP contribution in [0.4, 0.5) is 5.69 Å². The molecule has 126 valence electrons. The molecule has 0 amide bonds. The summed E-state index contributed by atoms with van der Waals surface area (Å²) in [5.41, 5.74) is 1.37. The molecule has 0 saturated carbocycles. The minimum Gasteiger partial charge on any atom is -0.369 e. The zero-order chi connectivity index (χ0) is 17.9. The Morgan fingerprint density at radius 3 is 1.67 bits per heavy atom. The number of hydrogen-bond acceptors (Lipinski definition) is 4. The van der Waals surface area contributed by atoms with E-state index in [1.54, 1.807) is 46.7 Å². The first-order valence-corrected chi connectivity index (χ1v) is 7.58. The highest BCUT2D eigenvalue weighted by molar-refractivity contribution is 6.35. The lowest BCUT2D eigenvalue weighted by atomic mass is 10.3. The van der Waals surface area contributed by atoms with Gasteiger partial charge in [0.2, 0.25) is 0 Å². The average molecular weight is 346 g/mol. The maximum absolute atomic E-state index is 8.42. The normalized spacial score (nSPS) is 15.3. The number of nitrogens with zero attached hydrogens (tertiary/aromatic N) is 5. The monoisotopic (exact) mass is 345 g/mol. The molecule has 0 fully saturated rings. The van der Waals surface area contributed by atoms with Gasteiger partial charge in [0.05, 0.1) is 12.7 Å². The van der Waals surface area contributed by atoms with Crippen molar-refractivity contribution in [2.45, 2.75) is 0 Å². The van der Waals surface area contributed by atoms with Gasteiger partial charge in [-0.05, 0) is 24.3 Å². The highest BCUT2D eigenvalue weighted by Crippen LogP contribution is 2.29. The summed E-state index contributed by atoms with van der Waals surface area (Å²) >= 11 is 5.92. The average Bonchev–Trinajstić information content (AvgIpc) is 2.74. The Balaban J connectivity index is 2.46. The van der Waals surface area contributed by atoms with Gasteiger partial charge in [0.25, 0.3) is 0 Å². The van der Waals surface area contributed by atoms with Crippen LogP contribution in [0.5, 0.6) is 0 Å². The predicted molar refractivity (Wildman–Crippen MR) is 101 cm³/mol. The van der Waals surface area contributed by atoms with Crippen LogP contribution in [-0.2, 0) is 0 Å². The molecule has 0 bridgehead atoms. The van der Waals surface area contributed by atoms with Crippen molar-refractivity contribution in [1.29, 1.82) is 10.8 Å². The van der Waals surface area contributed by atoms with E-state index < -0.39 is 0 Å². The lowest BCUT2D eigenvalue weighted by molar-refractivity contribution is 0.641. The fraction of sp³-hybridized carbons (Fsp3) is 0.250. The lowest BCUT2D eigenvalue weighted by Gasteiger charge is -2.18. The molecule has 0 radical (unpaired) electrons. The van der Waals surface area contributed by atoms with Crippen LogP contribution in [0, 0.1) is 10.8 Å². The maximum atomic E-state index is 8.42. The molecule has 0 unspecified atom stereocenters. The Morgan fingerprint density at radius 2 is 1.29 bits per heavy atom. The van der Waals surface area contributed by atoms with Crippen molar-refractivity contribution in [2.24, 2.45) is 9.98 Å². The Morgan fingerprint density at radius 1 is 0.875 bits per heavy atom. The molecular formula is C16H20ClN7. The molecule has 1 heterocycles. The van der Waals surface area contributed by atoms with Crippen LogP contribution in [0.15, 0.2) is 45.6 Å². The number of aliphatic imine (C=N–C) groups is 2. The van der Waals surface area contributed by atoms with Gasteiger partial charge in [-0.15, -0.1) is 0 Å². The zero-order valence-corrected chi connectivity index (χ0v) is 14.8. The first-order valence-electron chi connectivity index (χ1n) is 7.20. The second kappa shape index (κ2) is 7.27. The largest absolute Gasteiger partial charge is 0.369 e. The Kier molecular flexibility index (Phi) is 5.35. The number of nitrogens with one attached hydrogen (secondary N) is 2. The number of benzene rings is 1. The van der Waals surface area contributed by atoms with E-state index >= 15 is 0 Å². The molecule has 2 N–H and O–H groups in total. The van der Waals surface area contributed by atoms with Crippen LogP contribution in [0.3, 0.4) is 0 Å². The molecule has 24 heavy (non-hydrogen) atoms. The van der Waals surface area contributed by atoms with Crippen molar-refractivity contribution in [3.63, 3.8) is 0 Å². The number of halogens is 1. The van der Waals surface area contributed by atoms with E-state index in [1.807, 2.05) is 28.2 Å². The lowest BCUT2D eigenvalue weighted by Crippen LogP contribution is -2.30.